The molecule has 1 aliphatic heterocycles. The number of rotatable bonds is 5. The summed E-state index contributed by atoms with van der Waals surface area (Å²) in [5.41, 5.74) is 2.58. The average molecular weight is 473 g/mol. The number of nitrogens with zero attached hydrogens (tertiary/aromatic N) is 2. The Morgan fingerprint density at radius 3 is 2.71 bits per heavy atom. The first-order chi connectivity index (χ1) is 16.8. The summed E-state index contributed by atoms with van der Waals surface area (Å²) >= 11 is 0. The smallest absolute Gasteiger partial charge is 0.261 e. The van der Waals surface area contributed by atoms with Gasteiger partial charge in [-0.3, -0.25) is 9.59 Å². The van der Waals surface area contributed by atoms with Crippen molar-refractivity contribution in [1.82, 2.24) is 9.78 Å². The molecule has 1 amide bonds. The van der Waals surface area contributed by atoms with Gasteiger partial charge in [0, 0.05) is 28.9 Å². The van der Waals surface area contributed by atoms with Gasteiger partial charge in [0.05, 0.1) is 12.8 Å². The Kier molecular flexibility index (Phi) is 5.59. The number of carbonyl (C=O) groups excluding carboxylic acids is 2. The first-order valence-electron chi connectivity index (χ1n) is 11.7. The lowest BCUT2D eigenvalue weighted by atomic mass is 9.73. The van der Waals surface area contributed by atoms with Crippen LogP contribution in [-0.2, 0) is 4.79 Å². The molecule has 8 heteroatoms. The second-order valence-electron chi connectivity index (χ2n) is 9.66. The number of anilines is 2. The van der Waals surface area contributed by atoms with E-state index in [2.05, 4.69) is 15.7 Å². The average Bonchev–Trinajstić information content (AvgIpc) is 3.23. The third kappa shape index (κ3) is 4.05. The van der Waals surface area contributed by atoms with E-state index in [4.69, 9.17) is 4.74 Å². The summed E-state index contributed by atoms with van der Waals surface area (Å²) in [6.45, 7) is 6.33. The molecule has 1 aliphatic carbocycles. The van der Waals surface area contributed by atoms with E-state index < -0.39 is 6.04 Å². The van der Waals surface area contributed by atoms with Crippen LogP contribution in [0, 0.1) is 5.41 Å². The maximum atomic E-state index is 13.4. The van der Waals surface area contributed by atoms with E-state index in [1.165, 1.54) is 6.20 Å². The van der Waals surface area contributed by atoms with Gasteiger partial charge in [0.2, 0.25) is 0 Å². The van der Waals surface area contributed by atoms with E-state index in [0.717, 1.165) is 5.70 Å². The number of amides is 1. The van der Waals surface area contributed by atoms with Crippen LogP contribution >= 0.6 is 0 Å². The monoisotopic (exact) mass is 472 g/mol. The second-order valence-corrected chi connectivity index (χ2v) is 9.66. The number of aromatic nitrogens is 2. The lowest BCUT2D eigenvalue weighted by Gasteiger charge is -2.39. The van der Waals surface area contributed by atoms with Gasteiger partial charge in [-0.25, -0.2) is 4.68 Å². The van der Waals surface area contributed by atoms with Crippen LogP contribution in [-0.4, -0.2) is 33.2 Å². The van der Waals surface area contributed by atoms with Gasteiger partial charge in [-0.05, 0) is 37.0 Å². The zero-order chi connectivity index (χ0) is 24.7. The van der Waals surface area contributed by atoms with Crippen molar-refractivity contribution in [2.45, 2.75) is 39.7 Å². The largest absolute Gasteiger partial charge is 0.504 e. The first-order valence-corrected chi connectivity index (χ1v) is 11.7. The molecule has 0 fully saturated rings. The predicted molar refractivity (Wildman–Crippen MR) is 133 cm³/mol. The molecule has 180 valence electrons. The number of carbonyl (C=O) groups is 2. The standard InChI is InChI=1S/C27H28N4O4/c1-4-35-21-12-8-11-17(24(21)33)23-22-19(13-27(2,3)14-20(22)32)30-25-18(15-28-31(23)25)26(34)29-16-9-6-5-7-10-16/h5-12,15,23,30,33H,4,13-14H2,1-3H3,(H,29,34)/t23-/m1/s1. The van der Waals surface area contributed by atoms with Crippen molar-refractivity contribution in [2.75, 3.05) is 17.2 Å². The first kappa shape index (κ1) is 22.7. The maximum Gasteiger partial charge on any atom is 0.261 e. The highest BCUT2D eigenvalue weighted by atomic mass is 16.5. The molecule has 3 N–H and O–H groups in total. The molecule has 35 heavy (non-hydrogen) atoms. The van der Waals surface area contributed by atoms with Gasteiger partial charge >= 0.3 is 0 Å². The molecule has 0 saturated carbocycles. The molecule has 0 saturated heterocycles. The van der Waals surface area contributed by atoms with E-state index in [9.17, 15) is 14.7 Å². The Hall–Kier alpha value is -4.07. The van der Waals surface area contributed by atoms with Crippen LogP contribution in [0.25, 0.3) is 0 Å². The molecule has 8 nitrogen and oxygen atoms in total. The van der Waals surface area contributed by atoms with Crippen molar-refractivity contribution in [3.05, 3.63) is 77.1 Å². The number of ether oxygens (including phenoxy) is 1. The summed E-state index contributed by atoms with van der Waals surface area (Å²) in [6.07, 6.45) is 2.50. The molecule has 1 aromatic heterocycles. The third-order valence-electron chi connectivity index (χ3n) is 6.40. The fourth-order valence-electron chi connectivity index (χ4n) is 4.92. The zero-order valence-electron chi connectivity index (χ0n) is 20.0. The van der Waals surface area contributed by atoms with Crippen molar-refractivity contribution < 1.29 is 19.4 Å². The number of allylic oxidation sites excluding steroid dienone is 2. The van der Waals surface area contributed by atoms with Gasteiger partial charge in [0.25, 0.3) is 5.91 Å². The van der Waals surface area contributed by atoms with E-state index in [1.807, 2.05) is 51.1 Å². The summed E-state index contributed by atoms with van der Waals surface area (Å²) in [7, 11) is 0. The quantitative estimate of drug-likeness (QED) is 0.488. The van der Waals surface area contributed by atoms with Gasteiger partial charge in [-0.1, -0.05) is 44.2 Å². The van der Waals surface area contributed by atoms with Crippen molar-refractivity contribution in [1.29, 1.82) is 0 Å². The van der Waals surface area contributed by atoms with Gasteiger partial charge in [0.1, 0.15) is 17.4 Å². The summed E-state index contributed by atoms with van der Waals surface area (Å²) in [4.78, 5) is 26.6. The number of phenols is 1. The normalized spacial score (nSPS) is 18.4. The van der Waals surface area contributed by atoms with Crippen molar-refractivity contribution in [2.24, 2.45) is 5.41 Å². The summed E-state index contributed by atoms with van der Waals surface area (Å²) in [6, 6.07) is 13.7. The fraction of sp³-hybridized carbons (Fsp3) is 0.296. The van der Waals surface area contributed by atoms with E-state index in [1.54, 1.807) is 22.9 Å². The van der Waals surface area contributed by atoms with E-state index in [0.29, 0.717) is 53.4 Å². The van der Waals surface area contributed by atoms with Crippen molar-refractivity contribution >= 4 is 23.2 Å². The van der Waals surface area contributed by atoms with E-state index in [-0.39, 0.29) is 22.9 Å². The minimum Gasteiger partial charge on any atom is -0.504 e. The molecule has 2 aliphatic rings. The Morgan fingerprint density at radius 1 is 1.20 bits per heavy atom. The molecule has 0 unspecified atom stereocenters. The SMILES string of the molecule is CCOc1cccc([C@@H]2C3=C(CC(C)(C)CC3=O)Nc3c(C(=O)Nc4ccccc4)cnn32)c1O. The molecule has 2 aromatic carbocycles. The number of benzene rings is 2. The maximum absolute atomic E-state index is 13.4. The molecular formula is C27H28N4O4. The number of nitrogens with one attached hydrogen (secondary N) is 2. The summed E-state index contributed by atoms with van der Waals surface area (Å²) in [5.74, 6) is 0.453. The topological polar surface area (TPSA) is 105 Å². The minimum atomic E-state index is -0.691. The number of ketones is 1. The Morgan fingerprint density at radius 2 is 1.97 bits per heavy atom. The number of aromatic hydroxyl groups is 1. The van der Waals surface area contributed by atoms with E-state index >= 15 is 0 Å². The lowest BCUT2D eigenvalue weighted by molar-refractivity contribution is -0.118. The van der Waals surface area contributed by atoms with Gasteiger partial charge in [-0.15, -0.1) is 0 Å². The number of hydrogen-bond donors (Lipinski definition) is 3. The van der Waals surface area contributed by atoms with Crippen LogP contribution in [0.1, 0.15) is 55.6 Å². The highest BCUT2D eigenvalue weighted by molar-refractivity contribution is 6.08. The van der Waals surface area contributed by atoms with Crippen molar-refractivity contribution in [3.8, 4) is 11.5 Å². The molecule has 0 spiro atoms. The minimum absolute atomic E-state index is 0.00796. The zero-order valence-corrected chi connectivity index (χ0v) is 20.0. The van der Waals surface area contributed by atoms with Gasteiger partial charge < -0.3 is 20.5 Å². The third-order valence-corrected chi connectivity index (χ3v) is 6.40. The van der Waals surface area contributed by atoms with Crippen LogP contribution in [0.5, 0.6) is 11.5 Å². The highest BCUT2D eigenvalue weighted by Gasteiger charge is 2.43. The van der Waals surface area contributed by atoms with Crippen molar-refractivity contribution in [3.63, 3.8) is 0 Å². The number of fused-ring (bicyclic) bond motifs is 1. The molecule has 1 atom stereocenters. The molecule has 5 rings (SSSR count). The number of phenolic OH excluding ortho intramolecular Hbond substituents is 1. The summed E-state index contributed by atoms with van der Waals surface area (Å²) < 4.78 is 7.21. The number of hydrogen-bond acceptors (Lipinski definition) is 6. The molecule has 3 aromatic rings. The van der Waals surface area contributed by atoms with Gasteiger partial charge in [-0.2, -0.15) is 5.10 Å². The van der Waals surface area contributed by atoms with Crippen LogP contribution in [0.2, 0.25) is 0 Å². The van der Waals surface area contributed by atoms with Crippen LogP contribution in [0.15, 0.2) is 66.0 Å². The van der Waals surface area contributed by atoms with Crippen LogP contribution < -0.4 is 15.4 Å². The Labute approximate surface area is 203 Å². The number of para-hydroxylation sites is 2. The van der Waals surface area contributed by atoms with Gasteiger partial charge in [0.15, 0.2) is 17.3 Å². The Bertz CT molecular complexity index is 1340. The highest BCUT2D eigenvalue weighted by Crippen LogP contribution is 2.49. The molecule has 0 radical (unpaired) electrons. The predicted octanol–water partition coefficient (Wildman–Crippen LogP) is 4.90. The van der Waals surface area contributed by atoms with Crippen LogP contribution in [0.3, 0.4) is 0 Å². The molecule has 0 bridgehead atoms. The summed E-state index contributed by atoms with van der Waals surface area (Å²) in [5, 5.41) is 21.8. The lowest BCUT2D eigenvalue weighted by Crippen LogP contribution is -2.37. The number of Topliss-reactive ketones (excluding diaryl/α,β-unsaturated/α-hetero) is 1. The second kappa shape index (κ2) is 8.61. The Balaban J connectivity index is 1.64. The van der Waals surface area contributed by atoms with Crippen LogP contribution in [0.4, 0.5) is 11.5 Å². The molecular weight excluding hydrogens is 444 g/mol. The fourth-order valence-corrected chi connectivity index (χ4v) is 4.92. The molecule has 2 heterocycles.